The number of benzene rings is 4. The molecule has 210 valence electrons. The van der Waals surface area contributed by atoms with Gasteiger partial charge in [0.2, 0.25) is 0 Å². The van der Waals surface area contributed by atoms with Gasteiger partial charge in [0.1, 0.15) is 62.7 Å². The molecular formula is C32H22O10. The molecule has 0 saturated heterocycles. The van der Waals surface area contributed by atoms with Crippen molar-refractivity contribution in [3.63, 3.8) is 0 Å². The minimum absolute atomic E-state index is 0.0413. The van der Waals surface area contributed by atoms with Crippen molar-refractivity contribution in [3.8, 4) is 79.6 Å². The van der Waals surface area contributed by atoms with Crippen molar-refractivity contribution < 1.29 is 38.7 Å². The van der Waals surface area contributed by atoms with E-state index in [4.69, 9.17) is 18.3 Å². The molecule has 0 unspecified atom stereocenters. The first-order valence-electron chi connectivity index (χ1n) is 12.5. The quantitative estimate of drug-likeness (QED) is 0.204. The summed E-state index contributed by atoms with van der Waals surface area (Å²) in [7, 11) is 2.95. The third kappa shape index (κ3) is 4.31. The number of fused-ring (bicyclic) bond motifs is 2. The van der Waals surface area contributed by atoms with Crippen LogP contribution in [0.3, 0.4) is 0 Å². The second kappa shape index (κ2) is 9.93. The molecular weight excluding hydrogens is 544 g/mol. The van der Waals surface area contributed by atoms with Gasteiger partial charge < -0.3 is 38.7 Å². The van der Waals surface area contributed by atoms with Gasteiger partial charge in [-0.2, -0.15) is 0 Å². The van der Waals surface area contributed by atoms with Crippen molar-refractivity contribution in [1.82, 2.24) is 0 Å². The van der Waals surface area contributed by atoms with Crippen molar-refractivity contribution in [2.24, 2.45) is 0 Å². The fraction of sp³-hybridized carbons (Fsp3) is 0.0625. The maximum absolute atomic E-state index is 13.2. The summed E-state index contributed by atoms with van der Waals surface area (Å²) >= 11 is 0. The first kappa shape index (κ1) is 26.3. The van der Waals surface area contributed by atoms with Gasteiger partial charge in [-0.05, 0) is 42.5 Å². The maximum atomic E-state index is 13.2. The lowest BCUT2D eigenvalue weighted by Gasteiger charge is -2.16. The molecule has 42 heavy (non-hydrogen) atoms. The van der Waals surface area contributed by atoms with Crippen LogP contribution in [0.25, 0.3) is 56.1 Å². The zero-order valence-electron chi connectivity index (χ0n) is 22.2. The maximum Gasteiger partial charge on any atom is 0.197 e. The number of hydrogen-bond acceptors (Lipinski definition) is 10. The van der Waals surface area contributed by atoms with Crippen molar-refractivity contribution >= 4 is 11.0 Å². The van der Waals surface area contributed by atoms with Gasteiger partial charge in [-0.3, -0.25) is 9.59 Å². The molecule has 0 spiro atoms. The molecule has 6 rings (SSSR count). The van der Waals surface area contributed by atoms with E-state index in [2.05, 4.69) is 0 Å². The smallest absolute Gasteiger partial charge is 0.197 e. The number of phenols is 3. The summed E-state index contributed by atoms with van der Waals surface area (Å²) in [5.74, 6) is -0.414. The van der Waals surface area contributed by atoms with E-state index in [1.807, 2.05) is 0 Å². The first-order valence-corrected chi connectivity index (χ1v) is 12.5. The Hall–Kier alpha value is -5.90. The Morgan fingerprint density at radius 1 is 0.595 bits per heavy atom. The summed E-state index contributed by atoms with van der Waals surface area (Å²) in [5.41, 5.74) is -0.0965. The van der Waals surface area contributed by atoms with Gasteiger partial charge in [-0.25, -0.2) is 0 Å². The monoisotopic (exact) mass is 566 g/mol. The predicted octanol–water partition coefficient (Wildman–Crippen LogP) is 5.69. The number of phenolic OH excluding ortho intramolecular Hbond substituents is 3. The van der Waals surface area contributed by atoms with Crippen LogP contribution in [0, 0.1) is 0 Å². The lowest BCUT2D eigenvalue weighted by Crippen LogP contribution is -2.04. The Morgan fingerprint density at radius 2 is 1.29 bits per heavy atom. The normalized spacial score (nSPS) is 11.2. The fourth-order valence-electron chi connectivity index (χ4n) is 4.91. The van der Waals surface area contributed by atoms with E-state index < -0.39 is 22.4 Å². The first-order chi connectivity index (χ1) is 20.2. The second-order valence-electron chi connectivity index (χ2n) is 9.43. The summed E-state index contributed by atoms with van der Waals surface area (Å²) in [6.07, 6.45) is 0. The Morgan fingerprint density at radius 3 is 2.00 bits per heavy atom. The van der Waals surface area contributed by atoms with Crippen molar-refractivity contribution in [2.75, 3.05) is 14.2 Å². The molecule has 0 atom stereocenters. The number of aromatic hydroxyl groups is 4. The molecule has 3 aromatic carbocycles. The highest BCUT2D eigenvalue weighted by Gasteiger charge is 2.24. The van der Waals surface area contributed by atoms with E-state index in [0.29, 0.717) is 16.9 Å². The van der Waals surface area contributed by atoms with Crippen LogP contribution in [0.4, 0.5) is 0 Å². The van der Waals surface area contributed by atoms with Gasteiger partial charge in [0.05, 0.1) is 19.8 Å². The zero-order chi connectivity index (χ0) is 29.7. The van der Waals surface area contributed by atoms with Gasteiger partial charge in [-0.15, -0.1) is 0 Å². The second-order valence-corrected chi connectivity index (χ2v) is 9.43. The van der Waals surface area contributed by atoms with Crippen LogP contribution >= 0.6 is 0 Å². The summed E-state index contributed by atoms with van der Waals surface area (Å²) < 4.78 is 22.8. The fourth-order valence-corrected chi connectivity index (χ4v) is 4.91. The average molecular weight is 567 g/mol. The molecule has 1 aliphatic carbocycles. The molecule has 4 N–H and O–H groups in total. The number of ether oxygens (including phenoxy) is 2. The van der Waals surface area contributed by atoms with Crippen LogP contribution in [-0.2, 0) is 0 Å². The van der Waals surface area contributed by atoms with E-state index in [9.17, 15) is 30.0 Å². The van der Waals surface area contributed by atoms with E-state index in [0.717, 1.165) is 12.1 Å². The SMILES string of the molecule is COc1ccc(-c2cc(=O)c3c(O)cc(O)c(-c4cc(-c5cc(O)c6c(=O)cc(O)cc-6o5)ccc4OC)c3o2)cc1. The van der Waals surface area contributed by atoms with Crippen LogP contribution in [0.15, 0.2) is 91.2 Å². The summed E-state index contributed by atoms with van der Waals surface area (Å²) in [6.45, 7) is 0. The van der Waals surface area contributed by atoms with E-state index >= 15 is 0 Å². The molecule has 10 heteroatoms. The van der Waals surface area contributed by atoms with Crippen molar-refractivity contribution in [2.45, 2.75) is 0 Å². The van der Waals surface area contributed by atoms with Crippen molar-refractivity contribution in [3.05, 3.63) is 93.2 Å². The van der Waals surface area contributed by atoms with E-state index in [1.165, 1.54) is 32.4 Å². The molecule has 0 amide bonds. The Kier molecular flexibility index (Phi) is 6.23. The molecule has 2 heterocycles. The molecule has 10 nitrogen and oxygen atoms in total. The number of hydrogen-bond donors (Lipinski definition) is 4. The van der Waals surface area contributed by atoms with Gasteiger partial charge in [0.15, 0.2) is 16.4 Å². The topological polar surface area (TPSA) is 160 Å². The third-order valence-corrected chi connectivity index (χ3v) is 6.88. The molecule has 4 aromatic rings. The standard InChI is InChI=1S/C32H22O10/c1-39-18-6-3-15(4-7-18)26-14-24(38)31-22(36)12-21(35)29(32(31)42-26)19-9-16(5-8-25(19)40-2)27-13-23(37)30-20(34)10-17(33)11-28(30)41-27/h3-14,33,35-37H,1-2H3. The number of rotatable bonds is 5. The molecule has 0 saturated carbocycles. The lowest BCUT2D eigenvalue weighted by atomic mass is 9.96. The van der Waals surface area contributed by atoms with Crippen LogP contribution in [0.1, 0.15) is 0 Å². The van der Waals surface area contributed by atoms with Crippen molar-refractivity contribution in [1.29, 1.82) is 0 Å². The summed E-state index contributed by atoms with van der Waals surface area (Å²) in [6, 6.07) is 17.3. The van der Waals surface area contributed by atoms with Crippen LogP contribution in [0.5, 0.6) is 34.5 Å². The molecule has 1 aromatic heterocycles. The predicted molar refractivity (Wildman–Crippen MR) is 154 cm³/mol. The molecule has 1 aliphatic heterocycles. The van der Waals surface area contributed by atoms with Crippen LogP contribution in [-0.4, -0.2) is 34.6 Å². The Labute approximate surface area is 236 Å². The average Bonchev–Trinajstić information content (AvgIpc) is 2.96. The van der Waals surface area contributed by atoms with Gasteiger partial charge in [-0.1, -0.05) is 0 Å². The van der Waals surface area contributed by atoms with Crippen LogP contribution < -0.4 is 20.3 Å². The highest BCUT2D eigenvalue weighted by molar-refractivity contribution is 6.01. The third-order valence-electron chi connectivity index (χ3n) is 6.88. The van der Waals surface area contributed by atoms with Gasteiger partial charge in [0.25, 0.3) is 0 Å². The van der Waals surface area contributed by atoms with Gasteiger partial charge >= 0.3 is 0 Å². The minimum atomic E-state index is -0.614. The highest BCUT2D eigenvalue weighted by Crippen LogP contribution is 2.46. The summed E-state index contributed by atoms with van der Waals surface area (Å²) in [4.78, 5) is 25.5. The zero-order valence-corrected chi connectivity index (χ0v) is 22.2. The molecule has 0 radical (unpaired) electrons. The molecule has 0 bridgehead atoms. The number of methoxy groups -OCH3 is 2. The largest absolute Gasteiger partial charge is 0.508 e. The lowest BCUT2D eigenvalue weighted by molar-refractivity contribution is 0.415. The van der Waals surface area contributed by atoms with Gasteiger partial charge in [0, 0.05) is 47.0 Å². The van der Waals surface area contributed by atoms with E-state index in [-0.39, 0.29) is 62.2 Å². The Balaban J connectivity index is 1.61. The van der Waals surface area contributed by atoms with Crippen LogP contribution in [0.2, 0.25) is 0 Å². The van der Waals surface area contributed by atoms with E-state index in [1.54, 1.807) is 42.5 Å². The highest BCUT2D eigenvalue weighted by atomic mass is 16.5. The molecule has 0 fully saturated rings. The minimum Gasteiger partial charge on any atom is -0.508 e. The molecule has 2 aliphatic rings. The Bertz CT molecular complexity index is 2090. The summed E-state index contributed by atoms with van der Waals surface area (Å²) in [5, 5.41) is 42.0.